The highest BCUT2D eigenvalue weighted by Crippen LogP contribution is 2.21. The van der Waals surface area contributed by atoms with E-state index < -0.39 is 5.97 Å². The molecule has 0 spiro atoms. The maximum Gasteiger partial charge on any atom is 0.323 e. The minimum Gasteiger partial charge on any atom is -0.480 e. The summed E-state index contributed by atoms with van der Waals surface area (Å²) in [5.41, 5.74) is 0.629. The van der Waals surface area contributed by atoms with Gasteiger partial charge in [0.25, 0.3) is 5.91 Å². The van der Waals surface area contributed by atoms with Crippen LogP contribution in [0.2, 0.25) is 0 Å². The van der Waals surface area contributed by atoms with E-state index in [0.717, 1.165) is 11.5 Å². The van der Waals surface area contributed by atoms with Crippen molar-refractivity contribution in [1.82, 2.24) is 14.5 Å². The van der Waals surface area contributed by atoms with Gasteiger partial charge in [-0.3, -0.25) is 9.59 Å². The molecule has 17 heavy (non-hydrogen) atoms. The summed E-state index contributed by atoms with van der Waals surface area (Å²) in [5.74, 6) is -1.24. The van der Waals surface area contributed by atoms with Gasteiger partial charge in [0.1, 0.15) is 11.4 Å². The number of aliphatic carboxylic acids is 1. The standard InChI is InChI=1S/C10H15N3O3S/c1-4-13(5-7(14)15)10(16)9-8(6(2)3)11-12-17-9/h6H,4-5H2,1-3H3,(H,14,15). The summed E-state index contributed by atoms with van der Waals surface area (Å²) in [5, 5.41) is 12.6. The smallest absolute Gasteiger partial charge is 0.323 e. The maximum absolute atomic E-state index is 12.1. The Morgan fingerprint density at radius 2 is 2.12 bits per heavy atom. The van der Waals surface area contributed by atoms with Crippen LogP contribution in [0.25, 0.3) is 0 Å². The number of carboxylic acid groups (broad SMARTS) is 1. The van der Waals surface area contributed by atoms with Crippen molar-refractivity contribution in [2.45, 2.75) is 26.7 Å². The van der Waals surface area contributed by atoms with Crippen LogP contribution in [0.4, 0.5) is 0 Å². The second kappa shape index (κ2) is 5.72. The molecule has 1 rings (SSSR count). The fraction of sp³-hybridized carbons (Fsp3) is 0.600. The number of hydrogen-bond acceptors (Lipinski definition) is 5. The largest absolute Gasteiger partial charge is 0.480 e. The lowest BCUT2D eigenvalue weighted by molar-refractivity contribution is -0.137. The Morgan fingerprint density at radius 1 is 1.47 bits per heavy atom. The summed E-state index contributed by atoms with van der Waals surface area (Å²) in [4.78, 5) is 24.4. The molecule has 0 aliphatic carbocycles. The van der Waals surface area contributed by atoms with Crippen molar-refractivity contribution in [2.24, 2.45) is 0 Å². The van der Waals surface area contributed by atoms with Gasteiger partial charge in [0.2, 0.25) is 0 Å². The number of carbonyl (C=O) groups is 2. The fourth-order valence-corrected chi connectivity index (χ4v) is 2.15. The first-order chi connectivity index (χ1) is 7.97. The number of hydrogen-bond donors (Lipinski definition) is 1. The molecular formula is C10H15N3O3S. The van der Waals surface area contributed by atoms with Crippen LogP contribution in [0.5, 0.6) is 0 Å². The second-order valence-corrected chi connectivity index (χ2v) is 4.61. The first-order valence-electron chi connectivity index (χ1n) is 5.30. The summed E-state index contributed by atoms with van der Waals surface area (Å²) >= 11 is 1.01. The summed E-state index contributed by atoms with van der Waals surface area (Å²) in [6, 6.07) is 0. The van der Waals surface area contributed by atoms with Crippen molar-refractivity contribution in [3.05, 3.63) is 10.6 Å². The Labute approximate surface area is 103 Å². The van der Waals surface area contributed by atoms with E-state index in [2.05, 4.69) is 9.59 Å². The van der Waals surface area contributed by atoms with E-state index in [1.165, 1.54) is 4.90 Å². The lowest BCUT2D eigenvalue weighted by atomic mass is 10.1. The van der Waals surface area contributed by atoms with Crippen LogP contribution < -0.4 is 0 Å². The van der Waals surface area contributed by atoms with Gasteiger partial charge in [-0.2, -0.15) is 0 Å². The van der Waals surface area contributed by atoms with Gasteiger partial charge in [-0.15, -0.1) is 5.10 Å². The first-order valence-corrected chi connectivity index (χ1v) is 6.08. The summed E-state index contributed by atoms with van der Waals surface area (Å²) < 4.78 is 3.76. The molecule has 1 aromatic heterocycles. The van der Waals surface area contributed by atoms with E-state index in [9.17, 15) is 9.59 Å². The Kier molecular flexibility index (Phi) is 4.56. The quantitative estimate of drug-likeness (QED) is 0.857. The van der Waals surface area contributed by atoms with Gasteiger partial charge in [-0.25, -0.2) is 0 Å². The number of carboxylic acids is 1. The number of aromatic nitrogens is 2. The molecule has 0 bridgehead atoms. The van der Waals surface area contributed by atoms with Crippen LogP contribution >= 0.6 is 11.5 Å². The van der Waals surface area contributed by atoms with Gasteiger partial charge in [0, 0.05) is 6.54 Å². The Balaban J connectivity index is 2.93. The van der Waals surface area contributed by atoms with Crippen molar-refractivity contribution in [3.8, 4) is 0 Å². The van der Waals surface area contributed by atoms with Gasteiger partial charge in [0.15, 0.2) is 0 Å². The van der Waals surface area contributed by atoms with E-state index >= 15 is 0 Å². The third-order valence-electron chi connectivity index (χ3n) is 2.25. The fourth-order valence-electron chi connectivity index (χ4n) is 1.36. The zero-order valence-corrected chi connectivity index (χ0v) is 10.8. The number of rotatable bonds is 5. The van der Waals surface area contributed by atoms with Crippen LogP contribution in [0.15, 0.2) is 0 Å². The SMILES string of the molecule is CCN(CC(=O)O)C(=O)c1snnc1C(C)C. The maximum atomic E-state index is 12.1. The molecule has 0 saturated heterocycles. The highest BCUT2D eigenvalue weighted by molar-refractivity contribution is 7.08. The summed E-state index contributed by atoms with van der Waals surface area (Å²) in [6.07, 6.45) is 0. The van der Waals surface area contributed by atoms with Crippen molar-refractivity contribution in [3.63, 3.8) is 0 Å². The summed E-state index contributed by atoms with van der Waals surface area (Å²) in [7, 11) is 0. The zero-order valence-electron chi connectivity index (χ0n) is 10.0. The Morgan fingerprint density at radius 3 is 2.59 bits per heavy atom. The molecule has 0 radical (unpaired) electrons. The van der Waals surface area contributed by atoms with Crippen LogP contribution in [0.3, 0.4) is 0 Å². The molecule has 0 aliphatic heterocycles. The molecule has 0 unspecified atom stereocenters. The van der Waals surface area contributed by atoms with Crippen LogP contribution in [0.1, 0.15) is 42.1 Å². The summed E-state index contributed by atoms with van der Waals surface area (Å²) in [6.45, 7) is 5.62. The molecule has 0 aliphatic rings. The van der Waals surface area contributed by atoms with Crippen LogP contribution in [-0.4, -0.2) is 44.6 Å². The molecule has 94 valence electrons. The molecular weight excluding hydrogens is 242 g/mol. The molecule has 0 aromatic carbocycles. The van der Waals surface area contributed by atoms with E-state index in [4.69, 9.17) is 5.11 Å². The predicted octanol–water partition coefficient (Wildman–Crippen LogP) is 1.21. The molecule has 7 heteroatoms. The number of likely N-dealkylation sites (N-methyl/N-ethyl adjacent to an activating group) is 1. The monoisotopic (exact) mass is 257 g/mol. The van der Waals surface area contributed by atoms with E-state index in [-0.39, 0.29) is 18.4 Å². The molecule has 1 amide bonds. The highest BCUT2D eigenvalue weighted by Gasteiger charge is 2.24. The van der Waals surface area contributed by atoms with Gasteiger partial charge in [0.05, 0.1) is 5.69 Å². The third kappa shape index (κ3) is 3.23. The molecule has 0 fully saturated rings. The van der Waals surface area contributed by atoms with Crippen molar-refractivity contribution < 1.29 is 14.7 Å². The second-order valence-electron chi connectivity index (χ2n) is 3.86. The average molecular weight is 257 g/mol. The average Bonchev–Trinajstić information content (AvgIpc) is 2.73. The van der Waals surface area contributed by atoms with Crippen molar-refractivity contribution >= 4 is 23.4 Å². The minimum atomic E-state index is -1.02. The highest BCUT2D eigenvalue weighted by atomic mass is 32.1. The Bertz CT molecular complexity index is 417. The molecule has 6 nitrogen and oxygen atoms in total. The third-order valence-corrected chi connectivity index (χ3v) is 2.98. The van der Waals surface area contributed by atoms with Crippen molar-refractivity contribution in [2.75, 3.05) is 13.1 Å². The number of amides is 1. The topological polar surface area (TPSA) is 83.4 Å². The van der Waals surface area contributed by atoms with Gasteiger partial charge < -0.3 is 10.0 Å². The lowest BCUT2D eigenvalue weighted by Gasteiger charge is -2.18. The normalized spacial score (nSPS) is 10.6. The van der Waals surface area contributed by atoms with Crippen LogP contribution in [-0.2, 0) is 4.79 Å². The minimum absolute atomic E-state index is 0.0937. The van der Waals surface area contributed by atoms with Gasteiger partial charge in [-0.05, 0) is 24.4 Å². The van der Waals surface area contributed by atoms with E-state index in [0.29, 0.717) is 17.1 Å². The van der Waals surface area contributed by atoms with Crippen molar-refractivity contribution in [1.29, 1.82) is 0 Å². The van der Waals surface area contributed by atoms with E-state index in [1.54, 1.807) is 6.92 Å². The number of carbonyl (C=O) groups excluding carboxylic acids is 1. The molecule has 1 heterocycles. The zero-order chi connectivity index (χ0) is 13.0. The van der Waals surface area contributed by atoms with Crippen LogP contribution in [0, 0.1) is 0 Å². The predicted molar refractivity (Wildman–Crippen MR) is 63.2 cm³/mol. The molecule has 1 aromatic rings. The number of nitrogens with zero attached hydrogens (tertiary/aromatic N) is 3. The van der Waals surface area contributed by atoms with E-state index in [1.807, 2.05) is 13.8 Å². The lowest BCUT2D eigenvalue weighted by Crippen LogP contribution is -2.35. The first kappa shape index (κ1) is 13.6. The van der Waals surface area contributed by atoms with Gasteiger partial charge >= 0.3 is 5.97 Å². The molecule has 0 saturated carbocycles. The molecule has 0 atom stereocenters. The Hall–Kier alpha value is -1.50. The molecule has 1 N–H and O–H groups in total. The van der Waals surface area contributed by atoms with Gasteiger partial charge in [-0.1, -0.05) is 18.3 Å².